The van der Waals surface area contributed by atoms with Crippen LogP contribution in [-0.2, 0) is 9.53 Å². The lowest BCUT2D eigenvalue weighted by atomic mass is 10.2. The second-order valence-corrected chi connectivity index (χ2v) is 6.65. The van der Waals surface area contributed by atoms with Crippen LogP contribution in [0, 0.1) is 0 Å². The monoisotopic (exact) mass is 461 g/mol. The Morgan fingerprint density at radius 3 is 2.48 bits per heavy atom. The van der Waals surface area contributed by atoms with E-state index in [1.165, 1.54) is 12.1 Å². The Balaban J connectivity index is 1.96. The molecule has 0 heterocycles. The number of ether oxygens (including phenoxy) is 1. The Morgan fingerprint density at radius 2 is 1.78 bits per heavy atom. The SMILES string of the molecule is O=C(COC(=O)c1cc(Br)ccc1O)Nc1ccc(Br)cc1Cl. The summed E-state index contributed by atoms with van der Waals surface area (Å²) in [5, 5.41) is 12.5. The van der Waals surface area contributed by atoms with E-state index in [0.717, 1.165) is 4.47 Å². The lowest BCUT2D eigenvalue weighted by molar-refractivity contribution is -0.119. The van der Waals surface area contributed by atoms with E-state index in [-0.39, 0.29) is 11.3 Å². The Morgan fingerprint density at radius 1 is 1.13 bits per heavy atom. The summed E-state index contributed by atoms with van der Waals surface area (Å²) < 4.78 is 6.26. The summed E-state index contributed by atoms with van der Waals surface area (Å²) in [7, 11) is 0. The molecular weight excluding hydrogens is 453 g/mol. The number of carbonyl (C=O) groups excluding carboxylic acids is 2. The molecule has 0 aliphatic heterocycles. The van der Waals surface area contributed by atoms with Gasteiger partial charge in [0.1, 0.15) is 11.3 Å². The molecule has 0 saturated heterocycles. The second kappa shape index (κ2) is 7.81. The van der Waals surface area contributed by atoms with Crippen LogP contribution < -0.4 is 5.32 Å². The van der Waals surface area contributed by atoms with Crippen molar-refractivity contribution in [3.8, 4) is 5.75 Å². The summed E-state index contributed by atoms with van der Waals surface area (Å²) in [6.45, 7) is -0.503. The number of aromatic hydroxyl groups is 1. The quantitative estimate of drug-likeness (QED) is 0.661. The van der Waals surface area contributed by atoms with Crippen molar-refractivity contribution in [3.63, 3.8) is 0 Å². The molecule has 0 aliphatic rings. The fourth-order valence-corrected chi connectivity index (χ4v) is 2.74. The van der Waals surface area contributed by atoms with E-state index >= 15 is 0 Å². The average Bonchev–Trinajstić information content (AvgIpc) is 2.50. The van der Waals surface area contributed by atoms with Crippen molar-refractivity contribution in [2.75, 3.05) is 11.9 Å². The maximum atomic E-state index is 11.9. The standard InChI is InChI=1S/C15H10Br2ClNO4/c16-8-2-4-13(20)10(5-8)15(22)23-7-14(21)19-12-3-1-9(17)6-11(12)18/h1-6,20H,7H2,(H,19,21). The highest BCUT2D eigenvalue weighted by atomic mass is 79.9. The molecule has 8 heteroatoms. The molecule has 0 radical (unpaired) electrons. The first-order valence-corrected chi connectivity index (χ1v) is 8.24. The van der Waals surface area contributed by atoms with Gasteiger partial charge in [0.25, 0.3) is 5.91 Å². The zero-order valence-electron chi connectivity index (χ0n) is 11.5. The van der Waals surface area contributed by atoms with Crippen molar-refractivity contribution < 1.29 is 19.4 Å². The van der Waals surface area contributed by atoms with Gasteiger partial charge in [-0.3, -0.25) is 4.79 Å². The molecule has 0 bridgehead atoms. The van der Waals surface area contributed by atoms with Crippen molar-refractivity contribution in [1.82, 2.24) is 0 Å². The van der Waals surface area contributed by atoms with E-state index in [1.54, 1.807) is 24.3 Å². The summed E-state index contributed by atoms with van der Waals surface area (Å²) in [6.07, 6.45) is 0. The lowest BCUT2D eigenvalue weighted by Gasteiger charge is -2.09. The maximum Gasteiger partial charge on any atom is 0.342 e. The number of nitrogens with one attached hydrogen (secondary N) is 1. The predicted molar refractivity (Wildman–Crippen MR) is 93.9 cm³/mol. The first-order valence-electron chi connectivity index (χ1n) is 6.27. The fourth-order valence-electron chi connectivity index (χ4n) is 1.66. The molecule has 0 aliphatic carbocycles. The maximum absolute atomic E-state index is 11.9. The van der Waals surface area contributed by atoms with E-state index in [0.29, 0.717) is 15.2 Å². The zero-order chi connectivity index (χ0) is 17.0. The van der Waals surface area contributed by atoms with Crippen LogP contribution >= 0.6 is 43.5 Å². The van der Waals surface area contributed by atoms with Gasteiger partial charge in [-0.05, 0) is 36.4 Å². The van der Waals surface area contributed by atoms with Gasteiger partial charge in [-0.1, -0.05) is 43.5 Å². The van der Waals surface area contributed by atoms with Gasteiger partial charge < -0.3 is 15.2 Å². The number of halogens is 3. The summed E-state index contributed by atoms with van der Waals surface area (Å²) >= 11 is 12.4. The lowest BCUT2D eigenvalue weighted by Crippen LogP contribution is -2.21. The average molecular weight is 464 g/mol. The first kappa shape index (κ1) is 17.8. The zero-order valence-corrected chi connectivity index (χ0v) is 15.4. The van der Waals surface area contributed by atoms with Crippen LogP contribution in [0.1, 0.15) is 10.4 Å². The van der Waals surface area contributed by atoms with Gasteiger partial charge in [0.2, 0.25) is 0 Å². The number of anilines is 1. The topological polar surface area (TPSA) is 75.6 Å². The molecule has 1 amide bonds. The molecule has 2 rings (SSSR count). The molecule has 2 aromatic rings. The number of carbonyl (C=O) groups is 2. The minimum Gasteiger partial charge on any atom is -0.507 e. The van der Waals surface area contributed by atoms with E-state index in [1.807, 2.05) is 0 Å². The van der Waals surface area contributed by atoms with Gasteiger partial charge in [0.05, 0.1) is 10.7 Å². The van der Waals surface area contributed by atoms with E-state index < -0.39 is 18.5 Å². The van der Waals surface area contributed by atoms with Gasteiger partial charge in [0, 0.05) is 8.95 Å². The largest absolute Gasteiger partial charge is 0.507 e. The Labute approximate surface area is 153 Å². The smallest absolute Gasteiger partial charge is 0.342 e. The van der Waals surface area contributed by atoms with Crippen LogP contribution in [0.3, 0.4) is 0 Å². The molecule has 0 unspecified atom stereocenters. The second-order valence-electron chi connectivity index (χ2n) is 4.41. The van der Waals surface area contributed by atoms with Gasteiger partial charge >= 0.3 is 5.97 Å². The molecule has 23 heavy (non-hydrogen) atoms. The van der Waals surface area contributed by atoms with E-state index in [4.69, 9.17) is 16.3 Å². The number of amides is 1. The van der Waals surface area contributed by atoms with Crippen molar-refractivity contribution in [3.05, 3.63) is 55.9 Å². The van der Waals surface area contributed by atoms with Crippen molar-refractivity contribution in [1.29, 1.82) is 0 Å². The van der Waals surface area contributed by atoms with Gasteiger partial charge in [-0.15, -0.1) is 0 Å². The molecule has 2 aromatic carbocycles. The summed E-state index contributed by atoms with van der Waals surface area (Å²) in [5.74, 6) is -1.58. The molecule has 2 N–H and O–H groups in total. The highest BCUT2D eigenvalue weighted by molar-refractivity contribution is 9.10. The minimum absolute atomic E-state index is 0.0335. The van der Waals surface area contributed by atoms with E-state index in [2.05, 4.69) is 37.2 Å². The number of benzene rings is 2. The normalized spacial score (nSPS) is 10.2. The molecule has 0 saturated carbocycles. The van der Waals surface area contributed by atoms with Crippen molar-refractivity contribution in [2.45, 2.75) is 0 Å². The van der Waals surface area contributed by atoms with Crippen LogP contribution in [0.15, 0.2) is 45.3 Å². The number of esters is 1. The minimum atomic E-state index is -0.805. The molecule has 0 fully saturated rings. The first-order chi connectivity index (χ1) is 10.9. The van der Waals surface area contributed by atoms with Crippen LogP contribution in [0.25, 0.3) is 0 Å². The third kappa shape index (κ3) is 4.95. The Kier molecular flexibility index (Phi) is 6.04. The third-order valence-electron chi connectivity index (χ3n) is 2.72. The molecule has 5 nitrogen and oxygen atoms in total. The highest BCUT2D eigenvalue weighted by Gasteiger charge is 2.15. The number of hydrogen-bond donors (Lipinski definition) is 2. The van der Waals surface area contributed by atoms with Crippen LogP contribution in [-0.4, -0.2) is 23.6 Å². The van der Waals surface area contributed by atoms with Crippen LogP contribution in [0.4, 0.5) is 5.69 Å². The molecular formula is C15H10Br2ClNO4. The van der Waals surface area contributed by atoms with E-state index in [9.17, 15) is 14.7 Å². The molecule has 120 valence electrons. The molecule has 0 atom stereocenters. The third-order valence-corrected chi connectivity index (χ3v) is 4.02. The van der Waals surface area contributed by atoms with Crippen molar-refractivity contribution >= 4 is 61.0 Å². The number of hydrogen-bond acceptors (Lipinski definition) is 4. The van der Waals surface area contributed by atoms with Crippen molar-refractivity contribution in [2.24, 2.45) is 0 Å². The number of phenols is 1. The Bertz CT molecular complexity index is 767. The van der Waals surface area contributed by atoms with Crippen LogP contribution in [0.2, 0.25) is 5.02 Å². The highest BCUT2D eigenvalue weighted by Crippen LogP contribution is 2.26. The van der Waals surface area contributed by atoms with Gasteiger partial charge in [-0.25, -0.2) is 4.79 Å². The predicted octanol–water partition coefficient (Wildman–Crippen LogP) is 4.37. The number of phenolic OH excluding ortho intramolecular Hbond substituents is 1. The molecule has 0 aromatic heterocycles. The van der Waals surface area contributed by atoms with Gasteiger partial charge in [0.15, 0.2) is 6.61 Å². The fraction of sp³-hybridized carbons (Fsp3) is 0.0667. The van der Waals surface area contributed by atoms with Gasteiger partial charge in [-0.2, -0.15) is 0 Å². The molecule has 0 spiro atoms. The number of rotatable bonds is 4. The summed E-state index contributed by atoms with van der Waals surface area (Å²) in [6, 6.07) is 9.29. The summed E-state index contributed by atoms with van der Waals surface area (Å²) in [4.78, 5) is 23.7. The summed E-state index contributed by atoms with van der Waals surface area (Å²) in [5.41, 5.74) is 0.370. The van der Waals surface area contributed by atoms with Crippen LogP contribution in [0.5, 0.6) is 5.75 Å². The Hall–Kier alpha value is -1.57.